The Hall–Kier alpha value is -1.23. The Bertz CT molecular complexity index is 362. The van der Waals surface area contributed by atoms with Crippen molar-refractivity contribution >= 4 is 5.69 Å². The summed E-state index contributed by atoms with van der Waals surface area (Å²) in [7, 11) is 0. The second-order valence-corrected chi connectivity index (χ2v) is 3.78. The highest BCUT2D eigenvalue weighted by atomic mass is 19.3. The molecule has 0 unspecified atom stereocenters. The van der Waals surface area contributed by atoms with E-state index in [4.69, 9.17) is 0 Å². The highest BCUT2D eigenvalue weighted by Gasteiger charge is 2.15. The third-order valence-corrected chi connectivity index (χ3v) is 2.64. The lowest BCUT2D eigenvalue weighted by atomic mass is 10.1. The molecule has 0 radical (unpaired) electrons. The molecule has 1 aliphatic heterocycles. The van der Waals surface area contributed by atoms with Crippen LogP contribution in [0, 0.1) is 5.82 Å². The van der Waals surface area contributed by atoms with Crippen molar-refractivity contribution in [3.05, 3.63) is 29.6 Å². The number of nitrogens with one attached hydrogen (secondary N) is 1. The number of benzene rings is 1. The average molecular weight is 230 g/mol. The summed E-state index contributed by atoms with van der Waals surface area (Å²) in [6.45, 7) is 3.01. The lowest BCUT2D eigenvalue weighted by molar-refractivity contribution is 0.151. The van der Waals surface area contributed by atoms with E-state index in [9.17, 15) is 13.2 Å². The molecule has 16 heavy (non-hydrogen) atoms. The average Bonchev–Trinajstić information content (AvgIpc) is 2.29. The zero-order valence-electron chi connectivity index (χ0n) is 8.72. The van der Waals surface area contributed by atoms with Crippen LogP contribution in [0.25, 0.3) is 0 Å². The molecular formula is C11H13F3N2. The van der Waals surface area contributed by atoms with Crippen LogP contribution < -0.4 is 10.2 Å². The molecule has 1 N–H and O–H groups in total. The molecule has 1 aromatic carbocycles. The third kappa shape index (κ3) is 2.47. The van der Waals surface area contributed by atoms with Crippen molar-refractivity contribution in [3.8, 4) is 0 Å². The van der Waals surface area contributed by atoms with E-state index in [1.807, 2.05) is 4.90 Å². The molecule has 1 heterocycles. The van der Waals surface area contributed by atoms with Gasteiger partial charge < -0.3 is 10.2 Å². The van der Waals surface area contributed by atoms with Gasteiger partial charge in [0.25, 0.3) is 6.43 Å². The Morgan fingerprint density at radius 1 is 1.12 bits per heavy atom. The van der Waals surface area contributed by atoms with Crippen molar-refractivity contribution in [1.29, 1.82) is 0 Å². The van der Waals surface area contributed by atoms with Gasteiger partial charge in [-0.05, 0) is 18.2 Å². The van der Waals surface area contributed by atoms with E-state index in [0.717, 1.165) is 19.2 Å². The van der Waals surface area contributed by atoms with Gasteiger partial charge in [0.2, 0.25) is 0 Å². The number of rotatable bonds is 2. The summed E-state index contributed by atoms with van der Waals surface area (Å²) in [4.78, 5) is 1.91. The number of piperazine rings is 1. The number of hydrogen-bond acceptors (Lipinski definition) is 2. The zero-order chi connectivity index (χ0) is 11.5. The van der Waals surface area contributed by atoms with Crippen molar-refractivity contribution in [2.45, 2.75) is 6.43 Å². The molecule has 88 valence electrons. The van der Waals surface area contributed by atoms with E-state index in [2.05, 4.69) is 5.32 Å². The summed E-state index contributed by atoms with van der Waals surface area (Å²) < 4.78 is 38.2. The molecule has 0 atom stereocenters. The molecule has 0 bridgehead atoms. The molecule has 0 aromatic heterocycles. The first-order valence-corrected chi connectivity index (χ1v) is 5.21. The van der Waals surface area contributed by atoms with E-state index in [0.29, 0.717) is 18.8 Å². The van der Waals surface area contributed by atoms with Crippen LogP contribution in [0.4, 0.5) is 18.9 Å². The fourth-order valence-electron chi connectivity index (χ4n) is 1.83. The summed E-state index contributed by atoms with van der Waals surface area (Å²) in [5.41, 5.74) is 0.283. The van der Waals surface area contributed by atoms with Crippen LogP contribution in [0.5, 0.6) is 0 Å². The maximum atomic E-state index is 13.2. The van der Waals surface area contributed by atoms with Crippen LogP contribution in [0.3, 0.4) is 0 Å². The van der Waals surface area contributed by atoms with Crippen molar-refractivity contribution in [2.24, 2.45) is 0 Å². The maximum Gasteiger partial charge on any atom is 0.264 e. The van der Waals surface area contributed by atoms with Gasteiger partial charge >= 0.3 is 0 Å². The predicted octanol–water partition coefficient (Wildman–Crippen LogP) is 2.17. The van der Waals surface area contributed by atoms with E-state index >= 15 is 0 Å². The van der Waals surface area contributed by atoms with Crippen molar-refractivity contribution in [1.82, 2.24) is 5.32 Å². The van der Waals surface area contributed by atoms with Gasteiger partial charge in [0, 0.05) is 37.4 Å². The molecule has 5 heteroatoms. The molecule has 1 aromatic rings. The van der Waals surface area contributed by atoms with Crippen LogP contribution in [0.2, 0.25) is 0 Å². The number of nitrogens with zero attached hydrogens (tertiary/aromatic N) is 1. The Morgan fingerprint density at radius 2 is 1.81 bits per heavy atom. The van der Waals surface area contributed by atoms with Gasteiger partial charge in [-0.3, -0.25) is 0 Å². The van der Waals surface area contributed by atoms with E-state index in [-0.39, 0.29) is 5.56 Å². The molecular weight excluding hydrogens is 217 g/mol. The smallest absolute Gasteiger partial charge is 0.264 e. The third-order valence-electron chi connectivity index (χ3n) is 2.64. The quantitative estimate of drug-likeness (QED) is 0.837. The fourth-order valence-corrected chi connectivity index (χ4v) is 1.83. The largest absolute Gasteiger partial charge is 0.369 e. The molecule has 2 nitrogen and oxygen atoms in total. The summed E-state index contributed by atoms with van der Waals surface area (Å²) in [6.07, 6.45) is -2.63. The van der Waals surface area contributed by atoms with Gasteiger partial charge in [0.1, 0.15) is 5.82 Å². The first-order valence-electron chi connectivity index (χ1n) is 5.21. The lowest BCUT2D eigenvalue weighted by Crippen LogP contribution is -2.43. The minimum Gasteiger partial charge on any atom is -0.369 e. The fraction of sp³-hybridized carbons (Fsp3) is 0.455. The maximum absolute atomic E-state index is 13.2. The zero-order valence-corrected chi connectivity index (χ0v) is 8.72. The Morgan fingerprint density at radius 3 is 2.44 bits per heavy atom. The predicted molar refractivity (Wildman–Crippen MR) is 56.4 cm³/mol. The molecule has 1 saturated heterocycles. The normalized spacial score (nSPS) is 16.9. The molecule has 1 aliphatic rings. The van der Waals surface area contributed by atoms with Crippen LogP contribution in [0.1, 0.15) is 12.0 Å². The van der Waals surface area contributed by atoms with Gasteiger partial charge in [-0.25, -0.2) is 13.2 Å². The Kier molecular flexibility index (Phi) is 3.33. The summed E-state index contributed by atoms with van der Waals surface area (Å²) >= 11 is 0. The highest BCUT2D eigenvalue weighted by Crippen LogP contribution is 2.25. The number of anilines is 1. The number of alkyl halides is 2. The molecule has 0 amide bonds. The first kappa shape index (κ1) is 11.3. The van der Waals surface area contributed by atoms with Gasteiger partial charge in [0.15, 0.2) is 0 Å². The minimum atomic E-state index is -2.63. The van der Waals surface area contributed by atoms with Crippen LogP contribution in [-0.4, -0.2) is 26.2 Å². The second kappa shape index (κ2) is 4.74. The molecule has 1 fully saturated rings. The topological polar surface area (TPSA) is 15.3 Å². The van der Waals surface area contributed by atoms with Crippen molar-refractivity contribution in [2.75, 3.05) is 31.1 Å². The lowest BCUT2D eigenvalue weighted by Gasteiger charge is -2.29. The Labute approximate surface area is 92.1 Å². The highest BCUT2D eigenvalue weighted by molar-refractivity contribution is 5.49. The first-order chi connectivity index (χ1) is 7.66. The van der Waals surface area contributed by atoms with Crippen LogP contribution in [-0.2, 0) is 0 Å². The monoisotopic (exact) mass is 230 g/mol. The summed E-state index contributed by atoms with van der Waals surface area (Å²) in [6, 6.07) is 3.55. The van der Waals surface area contributed by atoms with E-state index in [1.54, 1.807) is 0 Å². The number of halogens is 3. The molecule has 0 aliphatic carbocycles. The summed E-state index contributed by atoms with van der Waals surface area (Å²) in [5, 5.41) is 3.15. The molecule has 2 rings (SSSR count). The van der Waals surface area contributed by atoms with E-state index in [1.165, 1.54) is 12.1 Å². The SMILES string of the molecule is Fc1cc(C(F)F)cc(N2CCNCC2)c1. The van der Waals surface area contributed by atoms with Crippen molar-refractivity contribution < 1.29 is 13.2 Å². The molecule has 0 saturated carbocycles. The van der Waals surface area contributed by atoms with Crippen LogP contribution >= 0.6 is 0 Å². The summed E-state index contributed by atoms with van der Waals surface area (Å²) in [5.74, 6) is -0.605. The van der Waals surface area contributed by atoms with Gasteiger partial charge in [-0.15, -0.1) is 0 Å². The van der Waals surface area contributed by atoms with Crippen molar-refractivity contribution in [3.63, 3.8) is 0 Å². The minimum absolute atomic E-state index is 0.256. The second-order valence-electron chi connectivity index (χ2n) is 3.78. The van der Waals surface area contributed by atoms with E-state index < -0.39 is 12.2 Å². The van der Waals surface area contributed by atoms with Gasteiger partial charge in [-0.1, -0.05) is 0 Å². The van der Waals surface area contributed by atoms with Gasteiger partial charge in [0.05, 0.1) is 0 Å². The van der Waals surface area contributed by atoms with Crippen LogP contribution in [0.15, 0.2) is 18.2 Å². The number of hydrogen-bond donors (Lipinski definition) is 1. The molecule has 0 spiro atoms. The van der Waals surface area contributed by atoms with Gasteiger partial charge in [-0.2, -0.15) is 0 Å². The Balaban J connectivity index is 2.25. The standard InChI is InChI=1S/C11H13F3N2/c12-9-5-8(11(13)14)6-10(7-9)16-3-1-15-2-4-16/h5-7,11,15H,1-4H2.